The van der Waals surface area contributed by atoms with Gasteiger partial charge in [0.25, 0.3) is 0 Å². The highest BCUT2D eigenvalue weighted by Gasteiger charge is 2.09. The molecule has 20 heavy (non-hydrogen) atoms. The van der Waals surface area contributed by atoms with E-state index in [4.69, 9.17) is 5.26 Å². The molecule has 0 saturated heterocycles. The van der Waals surface area contributed by atoms with E-state index in [0.29, 0.717) is 17.8 Å². The highest BCUT2D eigenvalue weighted by molar-refractivity contribution is 5.28. The van der Waals surface area contributed by atoms with Gasteiger partial charge in [-0.15, -0.1) is 0 Å². The Balaban J connectivity index is 2.02. The van der Waals surface area contributed by atoms with Crippen molar-refractivity contribution in [2.45, 2.75) is 19.5 Å². The zero-order valence-electron chi connectivity index (χ0n) is 11.3. The fourth-order valence-corrected chi connectivity index (χ4v) is 2.01. The lowest BCUT2D eigenvalue weighted by Gasteiger charge is -2.13. The summed E-state index contributed by atoms with van der Waals surface area (Å²) in [5.74, 6) is -1.69. The van der Waals surface area contributed by atoms with Crippen molar-refractivity contribution in [1.29, 1.82) is 5.26 Å². The van der Waals surface area contributed by atoms with Gasteiger partial charge in [0.2, 0.25) is 0 Å². The van der Waals surface area contributed by atoms with Crippen molar-refractivity contribution in [3.63, 3.8) is 0 Å². The summed E-state index contributed by atoms with van der Waals surface area (Å²) in [5.41, 5.74) is 2.24. The third-order valence-electron chi connectivity index (χ3n) is 3.23. The van der Waals surface area contributed by atoms with E-state index in [1.165, 1.54) is 6.07 Å². The van der Waals surface area contributed by atoms with Crippen molar-refractivity contribution in [3.8, 4) is 6.07 Å². The van der Waals surface area contributed by atoms with Crippen LogP contribution in [0.1, 0.15) is 29.8 Å². The molecule has 1 unspecified atom stereocenters. The SMILES string of the molecule is CC(NCc1cc(C#N)n(C)c1)c1ccc(F)c(F)c1. The lowest BCUT2D eigenvalue weighted by atomic mass is 10.1. The van der Waals surface area contributed by atoms with Gasteiger partial charge in [0.15, 0.2) is 11.6 Å². The summed E-state index contributed by atoms with van der Waals surface area (Å²) in [5, 5.41) is 12.1. The maximum Gasteiger partial charge on any atom is 0.159 e. The van der Waals surface area contributed by atoms with E-state index in [-0.39, 0.29) is 6.04 Å². The molecule has 0 radical (unpaired) electrons. The van der Waals surface area contributed by atoms with Crippen LogP contribution in [0.2, 0.25) is 0 Å². The molecule has 1 atom stereocenters. The number of hydrogen-bond acceptors (Lipinski definition) is 2. The molecule has 0 fully saturated rings. The molecule has 0 aliphatic rings. The van der Waals surface area contributed by atoms with Crippen molar-refractivity contribution in [1.82, 2.24) is 9.88 Å². The van der Waals surface area contributed by atoms with Crippen LogP contribution in [0.25, 0.3) is 0 Å². The first-order valence-electron chi connectivity index (χ1n) is 6.25. The molecule has 104 valence electrons. The molecule has 5 heteroatoms. The second kappa shape index (κ2) is 5.85. The van der Waals surface area contributed by atoms with Gasteiger partial charge >= 0.3 is 0 Å². The lowest BCUT2D eigenvalue weighted by Crippen LogP contribution is -2.18. The number of nitrogens with one attached hydrogen (secondary N) is 1. The van der Waals surface area contributed by atoms with E-state index < -0.39 is 11.6 Å². The van der Waals surface area contributed by atoms with E-state index in [1.54, 1.807) is 23.7 Å². The van der Waals surface area contributed by atoms with E-state index >= 15 is 0 Å². The van der Waals surface area contributed by atoms with E-state index in [1.807, 2.05) is 13.1 Å². The van der Waals surface area contributed by atoms with Crippen molar-refractivity contribution in [3.05, 3.63) is 58.9 Å². The Morgan fingerprint density at radius 3 is 2.65 bits per heavy atom. The van der Waals surface area contributed by atoms with Crippen molar-refractivity contribution in [2.75, 3.05) is 0 Å². The fourth-order valence-electron chi connectivity index (χ4n) is 2.01. The Kier molecular flexibility index (Phi) is 4.16. The van der Waals surface area contributed by atoms with Crippen molar-refractivity contribution < 1.29 is 8.78 Å². The van der Waals surface area contributed by atoms with Gasteiger partial charge in [-0.25, -0.2) is 8.78 Å². The van der Waals surface area contributed by atoms with E-state index in [9.17, 15) is 8.78 Å². The normalized spacial score (nSPS) is 12.2. The van der Waals surface area contributed by atoms with Crippen LogP contribution in [0.4, 0.5) is 8.78 Å². The summed E-state index contributed by atoms with van der Waals surface area (Å²) in [6.07, 6.45) is 1.86. The quantitative estimate of drug-likeness (QED) is 0.931. The zero-order valence-corrected chi connectivity index (χ0v) is 11.3. The van der Waals surface area contributed by atoms with Crippen LogP contribution in [-0.4, -0.2) is 4.57 Å². The Bertz CT molecular complexity index is 656. The van der Waals surface area contributed by atoms with Gasteiger partial charge in [0.1, 0.15) is 11.8 Å². The Morgan fingerprint density at radius 2 is 2.05 bits per heavy atom. The molecule has 0 saturated carbocycles. The van der Waals surface area contributed by atoms with Crippen LogP contribution >= 0.6 is 0 Å². The first kappa shape index (κ1) is 14.2. The number of rotatable bonds is 4. The predicted octanol–water partition coefficient (Wildman–Crippen LogP) is 3.03. The summed E-state index contributed by atoms with van der Waals surface area (Å²) in [4.78, 5) is 0. The lowest BCUT2D eigenvalue weighted by molar-refractivity contribution is 0.500. The molecule has 0 aliphatic heterocycles. The Morgan fingerprint density at radius 1 is 1.30 bits per heavy atom. The molecule has 0 amide bonds. The van der Waals surface area contributed by atoms with Gasteiger partial charge in [0, 0.05) is 25.8 Å². The smallest absolute Gasteiger partial charge is 0.159 e. The van der Waals surface area contributed by atoms with E-state index in [2.05, 4.69) is 11.4 Å². The number of benzene rings is 1. The average molecular weight is 275 g/mol. The molecule has 1 heterocycles. The van der Waals surface area contributed by atoms with Crippen LogP contribution in [-0.2, 0) is 13.6 Å². The molecule has 1 aromatic heterocycles. The van der Waals surface area contributed by atoms with Gasteiger partial charge < -0.3 is 9.88 Å². The summed E-state index contributed by atoms with van der Waals surface area (Å²) in [7, 11) is 1.81. The summed E-state index contributed by atoms with van der Waals surface area (Å²) in [6, 6.07) is 7.65. The average Bonchev–Trinajstić information content (AvgIpc) is 2.79. The minimum Gasteiger partial charge on any atom is -0.342 e. The first-order chi connectivity index (χ1) is 9.51. The van der Waals surface area contributed by atoms with Crippen LogP contribution in [0, 0.1) is 23.0 Å². The maximum absolute atomic E-state index is 13.2. The largest absolute Gasteiger partial charge is 0.342 e. The fraction of sp³-hybridized carbons (Fsp3) is 0.267. The monoisotopic (exact) mass is 275 g/mol. The van der Waals surface area contributed by atoms with Crippen molar-refractivity contribution in [2.24, 2.45) is 7.05 Å². The van der Waals surface area contributed by atoms with Gasteiger partial charge in [-0.3, -0.25) is 0 Å². The maximum atomic E-state index is 13.2. The van der Waals surface area contributed by atoms with Gasteiger partial charge in [-0.2, -0.15) is 5.26 Å². The number of halogens is 2. The second-order valence-corrected chi connectivity index (χ2v) is 4.73. The highest BCUT2D eigenvalue weighted by atomic mass is 19.2. The van der Waals surface area contributed by atoms with Crippen molar-refractivity contribution >= 4 is 0 Å². The molecule has 2 aromatic rings. The molecular formula is C15H15F2N3. The van der Waals surface area contributed by atoms with Gasteiger partial charge in [0.05, 0.1) is 0 Å². The van der Waals surface area contributed by atoms with Crippen LogP contribution in [0.3, 0.4) is 0 Å². The third kappa shape index (κ3) is 3.03. The standard InChI is InChI=1S/C15H15F2N3/c1-10(12-3-4-14(16)15(17)6-12)19-8-11-5-13(7-18)20(2)9-11/h3-6,9-10,19H,8H2,1-2H3. The molecule has 3 nitrogen and oxygen atoms in total. The number of aromatic nitrogens is 1. The molecule has 1 N–H and O–H groups in total. The van der Waals surface area contributed by atoms with Gasteiger partial charge in [-0.1, -0.05) is 6.07 Å². The molecule has 0 aliphatic carbocycles. The minimum atomic E-state index is -0.845. The topological polar surface area (TPSA) is 40.8 Å². The van der Waals surface area contributed by atoms with Gasteiger partial charge in [-0.05, 0) is 36.2 Å². The number of aryl methyl sites for hydroxylation is 1. The predicted molar refractivity (Wildman–Crippen MR) is 71.7 cm³/mol. The minimum absolute atomic E-state index is 0.115. The molecular weight excluding hydrogens is 260 g/mol. The van der Waals surface area contributed by atoms with Crippen LogP contribution < -0.4 is 5.32 Å². The first-order valence-corrected chi connectivity index (χ1v) is 6.25. The summed E-state index contributed by atoms with van der Waals surface area (Å²) >= 11 is 0. The highest BCUT2D eigenvalue weighted by Crippen LogP contribution is 2.17. The Labute approximate surface area is 116 Å². The third-order valence-corrected chi connectivity index (χ3v) is 3.23. The van der Waals surface area contributed by atoms with Crippen LogP contribution in [0.5, 0.6) is 0 Å². The molecule has 0 spiro atoms. The Hall–Kier alpha value is -2.19. The molecule has 1 aromatic carbocycles. The number of hydrogen-bond donors (Lipinski definition) is 1. The van der Waals surface area contributed by atoms with E-state index in [0.717, 1.165) is 11.6 Å². The molecule has 2 rings (SSSR count). The summed E-state index contributed by atoms with van der Waals surface area (Å²) in [6.45, 7) is 2.43. The zero-order chi connectivity index (χ0) is 14.7. The van der Waals surface area contributed by atoms with Crippen LogP contribution in [0.15, 0.2) is 30.5 Å². The summed E-state index contributed by atoms with van der Waals surface area (Å²) < 4.78 is 27.8. The second-order valence-electron chi connectivity index (χ2n) is 4.73. The molecule has 0 bridgehead atoms. The number of nitrogens with zero attached hydrogens (tertiary/aromatic N) is 2. The number of nitriles is 1.